The monoisotopic (exact) mass is 442 g/mol. The molecule has 3 aromatic carbocycles. The molecule has 0 radical (unpaired) electrons. The van der Waals surface area contributed by atoms with Gasteiger partial charge in [0.1, 0.15) is 0 Å². The largest absolute Gasteiger partial charge is 0.372 e. The number of benzene rings is 3. The molecule has 1 heterocycles. The Morgan fingerprint density at radius 3 is 2.40 bits per heavy atom. The van der Waals surface area contributed by atoms with Gasteiger partial charge in [0.15, 0.2) is 5.60 Å². The summed E-state index contributed by atoms with van der Waals surface area (Å²) in [6, 6.07) is 16.7. The maximum absolute atomic E-state index is 13.6. The van der Waals surface area contributed by atoms with E-state index in [-0.39, 0.29) is 5.02 Å². The first-order valence-corrected chi connectivity index (χ1v) is 10.9. The van der Waals surface area contributed by atoms with Gasteiger partial charge in [0.25, 0.3) is 5.91 Å². The van der Waals surface area contributed by atoms with Gasteiger partial charge in [0, 0.05) is 23.7 Å². The number of rotatable bonds is 6. The van der Waals surface area contributed by atoms with Crippen molar-refractivity contribution in [1.29, 1.82) is 0 Å². The Hall–Kier alpha value is -2.11. The Balaban J connectivity index is 1.84. The van der Waals surface area contributed by atoms with Gasteiger partial charge < -0.3 is 14.9 Å². The molecule has 0 aliphatic carbocycles. The number of anilines is 1. The predicted molar refractivity (Wildman–Crippen MR) is 124 cm³/mol. The van der Waals surface area contributed by atoms with Crippen molar-refractivity contribution < 1.29 is 9.90 Å². The molecule has 6 heteroatoms. The lowest BCUT2D eigenvalue weighted by Crippen LogP contribution is -2.44. The number of hydrogen-bond acceptors (Lipinski definition) is 3. The smallest absolute Gasteiger partial charge is 0.268 e. The fourth-order valence-electron chi connectivity index (χ4n) is 4.23. The molecule has 3 aromatic rings. The minimum Gasteiger partial charge on any atom is -0.372 e. The van der Waals surface area contributed by atoms with Crippen LogP contribution in [-0.4, -0.2) is 42.1 Å². The molecule has 0 bridgehead atoms. The minimum absolute atomic E-state index is 0.284. The summed E-state index contributed by atoms with van der Waals surface area (Å²) >= 11 is 12.8. The summed E-state index contributed by atoms with van der Waals surface area (Å²) in [7, 11) is 0. The number of carbonyl (C=O) groups is 1. The zero-order chi connectivity index (χ0) is 21.5. The van der Waals surface area contributed by atoms with Crippen molar-refractivity contribution in [3.8, 4) is 0 Å². The molecule has 1 aliphatic heterocycles. The first kappa shape index (κ1) is 21.1. The average Bonchev–Trinajstić information content (AvgIpc) is 2.96. The molecular formula is C24H24Cl2N2O2. The Labute approximate surface area is 186 Å². The van der Waals surface area contributed by atoms with Gasteiger partial charge in [-0.1, -0.05) is 73.4 Å². The van der Waals surface area contributed by atoms with Crippen LogP contribution < -0.4 is 4.90 Å². The third-order valence-electron chi connectivity index (χ3n) is 5.94. The van der Waals surface area contributed by atoms with E-state index in [4.69, 9.17) is 23.2 Å². The molecule has 1 amide bonds. The van der Waals surface area contributed by atoms with Crippen LogP contribution in [0.2, 0.25) is 10.0 Å². The van der Waals surface area contributed by atoms with Gasteiger partial charge in [0.2, 0.25) is 0 Å². The zero-order valence-corrected chi connectivity index (χ0v) is 18.5. The van der Waals surface area contributed by atoms with E-state index in [0.717, 1.165) is 23.9 Å². The maximum atomic E-state index is 13.6. The van der Waals surface area contributed by atoms with Crippen LogP contribution in [0.3, 0.4) is 0 Å². The van der Waals surface area contributed by atoms with E-state index in [1.54, 1.807) is 23.1 Å². The molecule has 0 aromatic heterocycles. The number of hydrogen-bond donors (Lipinski definition) is 1. The number of fused-ring (bicyclic) bond motifs is 2. The summed E-state index contributed by atoms with van der Waals surface area (Å²) in [6.45, 7) is 7.08. The third kappa shape index (κ3) is 3.38. The maximum Gasteiger partial charge on any atom is 0.268 e. The van der Waals surface area contributed by atoms with Crippen LogP contribution in [0, 0.1) is 0 Å². The zero-order valence-electron chi connectivity index (χ0n) is 17.0. The summed E-state index contributed by atoms with van der Waals surface area (Å²) < 4.78 is 0. The Kier molecular flexibility index (Phi) is 5.78. The van der Waals surface area contributed by atoms with Gasteiger partial charge in [-0.05, 0) is 47.6 Å². The highest BCUT2D eigenvalue weighted by Gasteiger charge is 2.52. The van der Waals surface area contributed by atoms with E-state index in [0.29, 0.717) is 34.9 Å². The predicted octanol–water partition coefficient (Wildman–Crippen LogP) is 5.07. The van der Waals surface area contributed by atoms with Crippen LogP contribution in [0.1, 0.15) is 25.0 Å². The number of likely N-dealkylation sites (N-methyl/N-ethyl adjacent to an activating group) is 1. The molecule has 0 saturated heterocycles. The van der Waals surface area contributed by atoms with E-state index in [2.05, 4.69) is 18.7 Å². The highest BCUT2D eigenvalue weighted by molar-refractivity contribution is 6.37. The van der Waals surface area contributed by atoms with Gasteiger partial charge in [-0.15, -0.1) is 0 Å². The van der Waals surface area contributed by atoms with Crippen LogP contribution >= 0.6 is 23.2 Å². The lowest BCUT2D eigenvalue weighted by Gasteiger charge is -2.26. The van der Waals surface area contributed by atoms with Gasteiger partial charge >= 0.3 is 0 Å². The molecule has 4 nitrogen and oxygen atoms in total. The van der Waals surface area contributed by atoms with E-state index < -0.39 is 11.5 Å². The lowest BCUT2D eigenvalue weighted by molar-refractivity contribution is -0.132. The van der Waals surface area contributed by atoms with Crippen LogP contribution in [0.5, 0.6) is 0 Å². The molecule has 30 heavy (non-hydrogen) atoms. The van der Waals surface area contributed by atoms with Crippen LogP contribution in [0.25, 0.3) is 10.8 Å². The number of carbonyl (C=O) groups excluding carboxylic acids is 1. The van der Waals surface area contributed by atoms with Crippen molar-refractivity contribution in [2.24, 2.45) is 0 Å². The first-order valence-electron chi connectivity index (χ1n) is 10.2. The Morgan fingerprint density at radius 2 is 1.70 bits per heavy atom. The van der Waals surface area contributed by atoms with Crippen LogP contribution in [0.15, 0.2) is 54.6 Å². The summed E-state index contributed by atoms with van der Waals surface area (Å²) in [5.74, 6) is -0.399. The average molecular weight is 443 g/mol. The highest BCUT2D eigenvalue weighted by atomic mass is 35.5. The molecule has 1 N–H and O–H groups in total. The molecule has 4 rings (SSSR count). The second-order valence-electron chi connectivity index (χ2n) is 7.54. The number of nitrogens with zero attached hydrogens (tertiary/aromatic N) is 2. The molecular weight excluding hydrogens is 419 g/mol. The second-order valence-corrected chi connectivity index (χ2v) is 8.38. The molecule has 0 fully saturated rings. The molecule has 1 unspecified atom stereocenters. The summed E-state index contributed by atoms with van der Waals surface area (Å²) in [6.07, 6.45) is 0. The lowest BCUT2D eigenvalue weighted by atomic mass is 9.86. The molecule has 1 aliphatic rings. The van der Waals surface area contributed by atoms with Crippen molar-refractivity contribution in [1.82, 2.24) is 4.90 Å². The molecule has 0 spiro atoms. The third-order valence-corrected chi connectivity index (χ3v) is 6.46. The Morgan fingerprint density at radius 1 is 1.00 bits per heavy atom. The number of aliphatic hydroxyl groups is 1. The Bertz CT molecular complexity index is 1110. The van der Waals surface area contributed by atoms with E-state index in [9.17, 15) is 9.90 Å². The van der Waals surface area contributed by atoms with Gasteiger partial charge in [-0.3, -0.25) is 4.79 Å². The first-order chi connectivity index (χ1) is 14.4. The van der Waals surface area contributed by atoms with Crippen LogP contribution in [-0.2, 0) is 10.4 Å². The summed E-state index contributed by atoms with van der Waals surface area (Å²) in [5, 5.41) is 14.5. The van der Waals surface area contributed by atoms with Gasteiger partial charge in [-0.2, -0.15) is 0 Å². The van der Waals surface area contributed by atoms with E-state index in [1.807, 2.05) is 36.4 Å². The molecule has 156 valence electrons. The van der Waals surface area contributed by atoms with Crippen molar-refractivity contribution in [2.75, 3.05) is 31.1 Å². The molecule has 0 saturated carbocycles. The quantitative estimate of drug-likeness (QED) is 0.579. The van der Waals surface area contributed by atoms with Gasteiger partial charge in [0.05, 0.1) is 10.7 Å². The summed E-state index contributed by atoms with van der Waals surface area (Å²) in [4.78, 5) is 17.5. The van der Waals surface area contributed by atoms with E-state index >= 15 is 0 Å². The van der Waals surface area contributed by atoms with Crippen molar-refractivity contribution in [2.45, 2.75) is 19.4 Å². The second kappa shape index (κ2) is 8.20. The SMILES string of the molecule is CCN(CC)CCN1C(=O)C(O)(c2ccc3ccccc3c2)c2c(Cl)cc(Cl)cc21. The van der Waals surface area contributed by atoms with Gasteiger partial charge in [-0.25, -0.2) is 0 Å². The fourth-order valence-corrected chi connectivity index (χ4v) is 4.85. The fraction of sp³-hybridized carbons (Fsp3) is 0.292. The standard InChI is InChI=1S/C24H24Cl2N2O2/c1-3-27(4-2)11-12-28-21-15-19(25)14-20(26)22(21)24(30,23(28)29)18-10-9-16-7-5-6-8-17(16)13-18/h5-10,13-15,30H,3-4,11-12H2,1-2H3. The normalized spacial score (nSPS) is 18.5. The highest BCUT2D eigenvalue weighted by Crippen LogP contribution is 2.49. The van der Waals surface area contributed by atoms with Crippen molar-refractivity contribution in [3.63, 3.8) is 0 Å². The number of halogens is 2. The minimum atomic E-state index is -1.86. The summed E-state index contributed by atoms with van der Waals surface area (Å²) in [5.41, 5.74) is -0.389. The topological polar surface area (TPSA) is 43.8 Å². The van der Waals surface area contributed by atoms with Crippen molar-refractivity contribution >= 4 is 45.6 Å². The van der Waals surface area contributed by atoms with Crippen LogP contribution in [0.4, 0.5) is 5.69 Å². The molecule has 1 atom stereocenters. The number of amides is 1. The van der Waals surface area contributed by atoms with E-state index in [1.165, 1.54) is 0 Å². The van der Waals surface area contributed by atoms with Crippen molar-refractivity contribution in [3.05, 3.63) is 75.8 Å².